The molecule has 1 saturated heterocycles. The average molecular weight is 533 g/mol. The maximum absolute atomic E-state index is 13.8. The summed E-state index contributed by atoms with van der Waals surface area (Å²) in [7, 11) is 0. The number of hydrogen-bond acceptors (Lipinski definition) is 8. The van der Waals surface area contributed by atoms with Crippen molar-refractivity contribution < 1.29 is 38.8 Å². The normalized spacial score (nSPS) is 37.7. The van der Waals surface area contributed by atoms with Crippen molar-refractivity contribution in [2.45, 2.75) is 123 Å². The van der Waals surface area contributed by atoms with E-state index in [2.05, 4.69) is 6.92 Å². The van der Waals surface area contributed by atoms with Crippen LogP contribution >= 0.6 is 0 Å². The number of fused-ring (bicyclic) bond motifs is 3. The number of carbonyl (C=O) groups is 3. The van der Waals surface area contributed by atoms with E-state index in [9.17, 15) is 24.6 Å². The van der Waals surface area contributed by atoms with Crippen LogP contribution in [0.2, 0.25) is 0 Å². The molecule has 0 amide bonds. The van der Waals surface area contributed by atoms with Gasteiger partial charge in [0, 0.05) is 29.7 Å². The quantitative estimate of drug-likeness (QED) is 0.391. The lowest BCUT2D eigenvalue weighted by molar-refractivity contribution is -0.260. The molecule has 38 heavy (non-hydrogen) atoms. The molecule has 0 bridgehead atoms. The summed E-state index contributed by atoms with van der Waals surface area (Å²) in [6.07, 6.45) is 2.21. The summed E-state index contributed by atoms with van der Waals surface area (Å²) in [6.45, 7) is 14.5. The molecule has 2 aliphatic heterocycles. The molecule has 2 N–H and O–H groups in total. The second-order valence-electron chi connectivity index (χ2n) is 13.0. The van der Waals surface area contributed by atoms with Crippen molar-refractivity contribution in [2.24, 2.45) is 23.2 Å². The number of allylic oxidation sites excluding steroid dienone is 2. The summed E-state index contributed by atoms with van der Waals surface area (Å²) in [6, 6.07) is 0. The summed E-state index contributed by atoms with van der Waals surface area (Å²) in [5.41, 5.74) is -2.12. The minimum atomic E-state index is -1.19. The van der Waals surface area contributed by atoms with E-state index >= 15 is 0 Å². The summed E-state index contributed by atoms with van der Waals surface area (Å²) < 4.78 is 18.4. The molecule has 4 aliphatic rings. The van der Waals surface area contributed by atoms with Gasteiger partial charge in [-0.25, -0.2) is 0 Å². The largest absolute Gasteiger partial charge is 0.482 e. The van der Waals surface area contributed by atoms with E-state index in [4.69, 9.17) is 14.2 Å². The van der Waals surface area contributed by atoms with Crippen LogP contribution in [-0.4, -0.2) is 63.4 Å². The maximum Gasteiger partial charge on any atom is 0.302 e. The van der Waals surface area contributed by atoms with E-state index < -0.39 is 58.2 Å². The Bertz CT molecular complexity index is 1070. The Morgan fingerprint density at radius 2 is 1.87 bits per heavy atom. The van der Waals surface area contributed by atoms with Crippen LogP contribution in [0.5, 0.6) is 0 Å². The van der Waals surface area contributed by atoms with Crippen LogP contribution in [0.3, 0.4) is 0 Å². The third kappa shape index (κ3) is 4.66. The zero-order chi connectivity index (χ0) is 28.4. The second kappa shape index (κ2) is 9.86. The molecule has 0 aromatic carbocycles. The molecular formula is C30H44O8. The van der Waals surface area contributed by atoms with Crippen LogP contribution in [-0.2, 0) is 28.6 Å². The summed E-state index contributed by atoms with van der Waals surface area (Å²) in [4.78, 5) is 39.1. The third-order valence-electron chi connectivity index (χ3n) is 9.77. The van der Waals surface area contributed by atoms with Gasteiger partial charge in [0.1, 0.15) is 11.7 Å². The molecular weight excluding hydrogens is 488 g/mol. The number of ketones is 2. The summed E-state index contributed by atoms with van der Waals surface area (Å²) in [5, 5.41) is 22.3. The Kier molecular flexibility index (Phi) is 7.52. The molecule has 0 radical (unpaired) electrons. The zero-order valence-electron chi connectivity index (χ0n) is 24.0. The molecule has 0 spiro atoms. The number of Topliss-reactive ketones (excluding diaryl/α,β-unsaturated/α-hetero) is 1. The molecule has 8 nitrogen and oxygen atoms in total. The van der Waals surface area contributed by atoms with Gasteiger partial charge in [0.05, 0.1) is 29.5 Å². The Labute approximate surface area is 225 Å². The van der Waals surface area contributed by atoms with Crippen LogP contribution in [0, 0.1) is 23.2 Å². The minimum Gasteiger partial charge on any atom is -0.482 e. The van der Waals surface area contributed by atoms with Gasteiger partial charge in [-0.2, -0.15) is 0 Å². The van der Waals surface area contributed by atoms with Gasteiger partial charge < -0.3 is 24.4 Å². The Morgan fingerprint density at radius 3 is 2.45 bits per heavy atom. The molecule has 9 atom stereocenters. The summed E-state index contributed by atoms with van der Waals surface area (Å²) in [5.74, 6) is -2.41. The Hall–Kier alpha value is -2.03. The zero-order valence-corrected chi connectivity index (χ0v) is 24.0. The van der Waals surface area contributed by atoms with Gasteiger partial charge in [0.2, 0.25) is 5.78 Å². The lowest BCUT2D eigenvalue weighted by atomic mass is 9.52. The fourth-order valence-electron chi connectivity index (χ4n) is 7.46. The Balaban J connectivity index is 1.67. The van der Waals surface area contributed by atoms with Gasteiger partial charge in [0.25, 0.3) is 0 Å². The number of ether oxygens (including phenoxy) is 3. The van der Waals surface area contributed by atoms with Gasteiger partial charge in [0.15, 0.2) is 11.5 Å². The van der Waals surface area contributed by atoms with E-state index in [0.29, 0.717) is 25.7 Å². The van der Waals surface area contributed by atoms with Crippen molar-refractivity contribution in [3.63, 3.8) is 0 Å². The van der Waals surface area contributed by atoms with Gasteiger partial charge in [-0.3, -0.25) is 14.4 Å². The topological polar surface area (TPSA) is 119 Å². The highest BCUT2D eigenvalue weighted by molar-refractivity contribution is 6.22. The van der Waals surface area contributed by atoms with Crippen molar-refractivity contribution in [2.75, 3.05) is 0 Å². The van der Waals surface area contributed by atoms with Crippen molar-refractivity contribution in [3.05, 3.63) is 23.0 Å². The maximum atomic E-state index is 13.8. The number of esters is 1. The van der Waals surface area contributed by atoms with E-state index in [1.807, 2.05) is 20.8 Å². The lowest BCUT2D eigenvalue weighted by Crippen LogP contribution is -2.66. The van der Waals surface area contributed by atoms with E-state index in [-0.39, 0.29) is 35.0 Å². The average Bonchev–Trinajstić information content (AvgIpc) is 2.81. The van der Waals surface area contributed by atoms with Gasteiger partial charge in [-0.05, 0) is 58.4 Å². The summed E-state index contributed by atoms with van der Waals surface area (Å²) >= 11 is 0. The fraction of sp³-hybridized carbons (Fsp3) is 0.767. The molecule has 2 heterocycles. The SMILES string of the molecule is CC[C@H](C)[C@@H](OC(C)=O)[C@@H](C)C1=CC(=O)C2=C(O[C@@]3(C)CC[C@H]4O[C@@H](C(C)(C)O)CC[C@]4(C)[C@H]3[C@@H]2O)C1=O. The van der Waals surface area contributed by atoms with Crippen molar-refractivity contribution >= 4 is 17.5 Å². The first kappa shape index (κ1) is 29.0. The van der Waals surface area contributed by atoms with Crippen molar-refractivity contribution in [1.82, 2.24) is 0 Å². The molecule has 0 aromatic heterocycles. The molecule has 212 valence electrons. The van der Waals surface area contributed by atoms with Crippen LogP contribution in [0.4, 0.5) is 0 Å². The van der Waals surface area contributed by atoms with Crippen LogP contribution in [0.1, 0.15) is 87.5 Å². The first-order valence-corrected chi connectivity index (χ1v) is 14.0. The number of aliphatic hydroxyl groups excluding tert-OH is 1. The second-order valence-corrected chi connectivity index (χ2v) is 13.0. The molecule has 0 aromatic rings. The fourth-order valence-corrected chi connectivity index (χ4v) is 7.46. The first-order valence-electron chi connectivity index (χ1n) is 14.0. The van der Waals surface area contributed by atoms with Crippen LogP contribution in [0.15, 0.2) is 23.0 Å². The highest BCUT2D eigenvalue weighted by Crippen LogP contribution is 2.59. The van der Waals surface area contributed by atoms with Gasteiger partial charge >= 0.3 is 5.97 Å². The predicted octanol–water partition coefficient (Wildman–Crippen LogP) is 3.82. The van der Waals surface area contributed by atoms with Gasteiger partial charge in [-0.15, -0.1) is 0 Å². The predicted molar refractivity (Wildman–Crippen MR) is 140 cm³/mol. The smallest absolute Gasteiger partial charge is 0.302 e. The van der Waals surface area contributed by atoms with Crippen molar-refractivity contribution in [3.8, 4) is 0 Å². The Morgan fingerprint density at radius 1 is 1.21 bits per heavy atom. The number of carbonyl (C=O) groups excluding carboxylic acids is 3. The molecule has 2 fully saturated rings. The highest BCUT2D eigenvalue weighted by Gasteiger charge is 2.64. The number of rotatable bonds is 6. The van der Waals surface area contributed by atoms with E-state index in [1.54, 1.807) is 20.8 Å². The van der Waals surface area contributed by atoms with E-state index in [1.165, 1.54) is 13.0 Å². The molecule has 0 unspecified atom stereocenters. The first-order chi connectivity index (χ1) is 17.5. The monoisotopic (exact) mass is 532 g/mol. The standard InChI is InChI=1S/C30H44O8/c1-9-15(2)25(36-17(4)31)16(3)18-14-19(32)22-24(34)27-29(7)12-10-20(28(5,6)35)37-21(29)11-13-30(27,8)38-26(22)23(18)33/h14-16,20-21,24-25,27,34-35H,9-13H2,1-8H3/t15-,16-,20+,21+,24+,25+,27+,29-,30-/m0/s1. The van der Waals surface area contributed by atoms with Crippen LogP contribution in [0.25, 0.3) is 0 Å². The highest BCUT2D eigenvalue weighted by atomic mass is 16.5. The van der Waals surface area contributed by atoms with Gasteiger partial charge in [-0.1, -0.05) is 34.1 Å². The number of aliphatic hydroxyl groups is 2. The lowest BCUT2D eigenvalue weighted by Gasteiger charge is -2.61. The molecule has 4 rings (SSSR count). The minimum absolute atomic E-state index is 0.00693. The van der Waals surface area contributed by atoms with E-state index in [0.717, 1.165) is 6.42 Å². The molecule has 8 heteroatoms. The molecule has 1 saturated carbocycles. The number of hydrogen-bond donors (Lipinski definition) is 2. The van der Waals surface area contributed by atoms with Crippen LogP contribution < -0.4 is 0 Å². The van der Waals surface area contributed by atoms with Crippen molar-refractivity contribution in [1.29, 1.82) is 0 Å². The third-order valence-corrected chi connectivity index (χ3v) is 9.77. The molecule has 2 aliphatic carbocycles.